The zero-order valence-corrected chi connectivity index (χ0v) is 30.7. The third kappa shape index (κ3) is 6.82. The number of benzene rings is 5. The van der Waals surface area contributed by atoms with Crippen LogP contribution in [0.1, 0.15) is 56.5 Å². The first kappa shape index (κ1) is 33.9. The molecule has 7 heteroatoms. The largest absolute Gasteiger partial charge is 3.00 e. The van der Waals surface area contributed by atoms with Crippen LogP contribution in [-0.2, 0) is 20.1 Å². The van der Waals surface area contributed by atoms with Crippen molar-refractivity contribution in [3.05, 3.63) is 157 Å². The average Bonchev–Trinajstić information content (AvgIpc) is 3.85. The van der Waals surface area contributed by atoms with E-state index < -0.39 is 0 Å². The molecule has 0 aliphatic carbocycles. The first-order valence-corrected chi connectivity index (χ1v) is 16.4. The fourth-order valence-corrected chi connectivity index (χ4v) is 6.22. The summed E-state index contributed by atoms with van der Waals surface area (Å²) in [5.74, 6) is 2.36. The number of para-hydroxylation sites is 5. The summed E-state index contributed by atoms with van der Waals surface area (Å²) in [6.45, 7) is 12.9. The van der Waals surface area contributed by atoms with E-state index >= 15 is 0 Å². The fraction of sp³-hybridized carbons (Fsp3) is 0.167. The van der Waals surface area contributed by atoms with Crippen LogP contribution in [0.25, 0.3) is 28.2 Å². The van der Waals surface area contributed by atoms with Gasteiger partial charge in [-0.15, -0.1) is 36.1 Å². The normalized spacial score (nSPS) is 12.2. The van der Waals surface area contributed by atoms with Crippen molar-refractivity contribution in [2.75, 3.05) is 9.80 Å². The number of imidazole rings is 1. The van der Waals surface area contributed by atoms with Crippen molar-refractivity contribution in [3.8, 4) is 17.1 Å². The van der Waals surface area contributed by atoms with Crippen molar-refractivity contribution in [1.29, 1.82) is 0 Å². The van der Waals surface area contributed by atoms with Gasteiger partial charge >= 0.3 is 20.1 Å². The monoisotopic (exact) mass is 821 g/mol. The summed E-state index contributed by atoms with van der Waals surface area (Å²) >= 11 is 0. The van der Waals surface area contributed by atoms with Gasteiger partial charge in [-0.2, -0.15) is 30.3 Å². The second kappa shape index (κ2) is 14.7. The van der Waals surface area contributed by atoms with Crippen molar-refractivity contribution >= 4 is 33.8 Å². The quantitative estimate of drug-likeness (QED) is 0.156. The Morgan fingerprint density at radius 2 is 1.43 bits per heavy atom. The van der Waals surface area contributed by atoms with Crippen LogP contribution in [0.3, 0.4) is 0 Å². The molecule has 49 heavy (non-hydrogen) atoms. The second-order valence-corrected chi connectivity index (χ2v) is 12.5. The molecule has 1 aliphatic rings. The minimum Gasteiger partial charge on any atom is -0.493 e. The second-order valence-electron chi connectivity index (χ2n) is 12.5. The van der Waals surface area contributed by atoms with Crippen molar-refractivity contribution in [2.24, 2.45) is 0 Å². The van der Waals surface area contributed by atoms with Crippen LogP contribution in [0.4, 0.5) is 22.7 Å². The van der Waals surface area contributed by atoms with Crippen molar-refractivity contribution in [3.63, 3.8) is 0 Å². The van der Waals surface area contributed by atoms with Crippen LogP contribution in [0, 0.1) is 25.7 Å². The predicted octanol–water partition coefficient (Wildman–Crippen LogP) is 10.9. The Morgan fingerprint density at radius 3 is 2.10 bits per heavy atom. The molecule has 246 valence electrons. The van der Waals surface area contributed by atoms with Crippen LogP contribution in [0.2, 0.25) is 0 Å². The van der Waals surface area contributed by atoms with Crippen LogP contribution >= 0.6 is 0 Å². The molecule has 0 saturated carbocycles. The summed E-state index contributed by atoms with van der Waals surface area (Å²) in [5, 5.41) is 0. The van der Waals surface area contributed by atoms with Gasteiger partial charge in [0.05, 0.1) is 11.4 Å². The van der Waals surface area contributed by atoms with E-state index in [-0.39, 0.29) is 20.1 Å². The zero-order chi connectivity index (χ0) is 33.2. The van der Waals surface area contributed by atoms with E-state index in [0.29, 0.717) is 17.7 Å². The van der Waals surface area contributed by atoms with Crippen LogP contribution in [0.5, 0.6) is 0 Å². The average molecular weight is 821 g/mol. The minimum absolute atomic E-state index is 0. The van der Waals surface area contributed by atoms with Crippen LogP contribution < -0.4 is 9.80 Å². The maximum atomic E-state index is 5.59. The summed E-state index contributed by atoms with van der Waals surface area (Å²) in [4.78, 5) is 13.5. The minimum atomic E-state index is 0. The van der Waals surface area contributed by atoms with Gasteiger partial charge in [0.15, 0.2) is 5.89 Å². The van der Waals surface area contributed by atoms with Gasteiger partial charge in [0.2, 0.25) is 0 Å². The molecule has 8 rings (SSSR count). The number of hydrogen-bond donors (Lipinski definition) is 0. The SMILES string of the molecule is Cc1nc2cc(-c3nccn3-c3c(C(C)C)cccc3C(C)C)[c-]cc2o1.[Ir+3].[c-]1ccccc1N1[CH-]N(c2ccccc2)c2ccccc21. The molecule has 0 unspecified atom stereocenters. The van der Waals surface area contributed by atoms with Gasteiger partial charge in [-0.3, -0.25) is 4.98 Å². The molecular formula is C42H38IrN5O. The smallest absolute Gasteiger partial charge is 0.493 e. The molecule has 7 aromatic rings. The van der Waals surface area contributed by atoms with Crippen LogP contribution in [0.15, 0.2) is 126 Å². The van der Waals surface area contributed by atoms with Gasteiger partial charge in [-0.05, 0) is 47.2 Å². The molecular weight excluding hydrogens is 783 g/mol. The van der Waals surface area contributed by atoms with Gasteiger partial charge in [-0.1, -0.05) is 76.2 Å². The maximum Gasteiger partial charge on any atom is 3.00 e. The molecule has 0 radical (unpaired) electrons. The summed E-state index contributed by atoms with van der Waals surface area (Å²) in [7, 11) is 0. The third-order valence-electron chi connectivity index (χ3n) is 8.51. The number of nitrogens with zero attached hydrogens (tertiary/aromatic N) is 5. The Morgan fingerprint density at radius 1 is 0.755 bits per heavy atom. The Hall–Kier alpha value is -4.97. The van der Waals surface area contributed by atoms with Gasteiger partial charge in [0.25, 0.3) is 0 Å². The van der Waals surface area contributed by atoms with Crippen molar-refractivity contribution < 1.29 is 24.5 Å². The first-order chi connectivity index (χ1) is 23.4. The van der Waals surface area contributed by atoms with Crippen LogP contribution in [-0.4, -0.2) is 14.5 Å². The van der Waals surface area contributed by atoms with E-state index in [9.17, 15) is 0 Å². The molecule has 1 aliphatic heterocycles. The van der Waals surface area contributed by atoms with Gasteiger partial charge in [0.1, 0.15) is 0 Å². The number of rotatable bonds is 6. The first-order valence-electron chi connectivity index (χ1n) is 16.4. The van der Waals surface area contributed by atoms with E-state index in [2.05, 4.69) is 144 Å². The molecule has 6 nitrogen and oxygen atoms in total. The topological polar surface area (TPSA) is 50.3 Å². The number of hydrogen-bond acceptors (Lipinski definition) is 5. The number of oxazole rings is 1. The number of anilines is 4. The van der Waals surface area contributed by atoms with E-state index in [1.54, 1.807) is 0 Å². The molecule has 5 aromatic carbocycles. The molecule has 0 bridgehead atoms. The standard InChI is InChI=1S/C23H24N3O.C19H14N2.Ir/c1-14(2)18-7-6-8-19(15(3)4)22(18)26-12-11-24-23(26)17-9-10-21-20(13-17)25-16(5)27-21;1-3-9-16(10-4-1)20-15-21(17-11-5-2-6-12-17)19-14-8-7-13-18(19)20;/h6-8,10-15H,1-5H3;1-11,13-15H;/q-1;-2;+3. The van der Waals surface area contributed by atoms with Gasteiger partial charge in [-0.25, -0.2) is 4.98 Å². The summed E-state index contributed by atoms with van der Waals surface area (Å²) in [6.07, 6.45) is 3.89. The predicted molar refractivity (Wildman–Crippen MR) is 195 cm³/mol. The zero-order valence-electron chi connectivity index (χ0n) is 28.3. The molecule has 2 aromatic heterocycles. The molecule has 0 fully saturated rings. The Kier molecular flexibility index (Phi) is 10.1. The number of aromatic nitrogens is 3. The Bertz CT molecular complexity index is 2060. The fourth-order valence-electron chi connectivity index (χ4n) is 6.22. The van der Waals surface area contributed by atoms with E-state index in [1.807, 2.05) is 55.7 Å². The molecule has 0 saturated heterocycles. The van der Waals surface area contributed by atoms with Gasteiger partial charge < -0.3 is 18.8 Å². The van der Waals surface area contributed by atoms with Crippen molar-refractivity contribution in [1.82, 2.24) is 14.5 Å². The van der Waals surface area contributed by atoms with Gasteiger partial charge in [0, 0.05) is 47.6 Å². The van der Waals surface area contributed by atoms with E-state index in [0.717, 1.165) is 33.9 Å². The Labute approximate surface area is 302 Å². The summed E-state index contributed by atoms with van der Waals surface area (Å²) in [5.41, 5.74) is 10.9. The number of fused-ring (bicyclic) bond motifs is 2. The maximum absolute atomic E-state index is 5.59. The third-order valence-corrected chi connectivity index (χ3v) is 8.51. The van der Waals surface area contributed by atoms with E-state index in [1.165, 1.54) is 28.2 Å². The molecule has 3 heterocycles. The Balaban J connectivity index is 0.000000171. The molecule has 0 N–H and O–H groups in total. The van der Waals surface area contributed by atoms with E-state index in [4.69, 9.17) is 4.42 Å². The summed E-state index contributed by atoms with van der Waals surface area (Å²) < 4.78 is 7.78. The number of aryl methyl sites for hydroxylation is 1. The summed E-state index contributed by atoms with van der Waals surface area (Å²) in [6, 6.07) is 43.9. The molecule has 0 spiro atoms. The molecule has 0 amide bonds. The van der Waals surface area contributed by atoms with Crippen molar-refractivity contribution in [2.45, 2.75) is 46.5 Å². The molecule has 0 atom stereocenters.